The summed E-state index contributed by atoms with van der Waals surface area (Å²) < 4.78 is 5.13. The van der Waals surface area contributed by atoms with Crippen LogP contribution in [0.5, 0.6) is 0 Å². The number of benzene rings is 1. The monoisotopic (exact) mass is 317 g/mol. The van der Waals surface area contributed by atoms with E-state index in [1.807, 2.05) is 50.2 Å². The molecule has 6 heteroatoms. The maximum absolute atomic E-state index is 12.1. The minimum atomic E-state index is -0.728. The van der Waals surface area contributed by atoms with Crippen LogP contribution in [-0.4, -0.2) is 24.1 Å². The predicted octanol–water partition coefficient (Wildman–Crippen LogP) is 2.36. The third kappa shape index (κ3) is 7.32. The summed E-state index contributed by atoms with van der Waals surface area (Å²) in [6.07, 6.45) is -0.191. The molecule has 0 heterocycles. The maximum Gasteiger partial charge on any atom is 0.408 e. The summed E-state index contributed by atoms with van der Waals surface area (Å²) in [6.45, 7) is 5.62. The van der Waals surface area contributed by atoms with E-state index in [1.54, 1.807) is 6.92 Å². The molecule has 2 N–H and O–H groups in total. The average molecular weight is 317 g/mol. The summed E-state index contributed by atoms with van der Waals surface area (Å²) in [6, 6.07) is 9.87. The van der Waals surface area contributed by atoms with E-state index in [-0.39, 0.29) is 18.4 Å². The van der Waals surface area contributed by atoms with Crippen LogP contribution >= 0.6 is 0 Å². The summed E-state index contributed by atoms with van der Waals surface area (Å²) in [5.74, 6) is -0.179. The summed E-state index contributed by atoms with van der Waals surface area (Å²) in [5, 5.41) is 13.9. The van der Waals surface area contributed by atoms with E-state index in [2.05, 4.69) is 10.6 Å². The van der Waals surface area contributed by atoms with Crippen LogP contribution in [-0.2, 0) is 16.1 Å². The molecule has 0 aliphatic rings. The van der Waals surface area contributed by atoms with E-state index in [0.29, 0.717) is 6.42 Å². The topological polar surface area (TPSA) is 91.2 Å². The Bertz CT molecular complexity index is 552. The lowest BCUT2D eigenvalue weighted by molar-refractivity contribution is -0.123. The van der Waals surface area contributed by atoms with Gasteiger partial charge in [-0.3, -0.25) is 4.79 Å². The Morgan fingerprint density at radius 1 is 1.17 bits per heavy atom. The Kier molecular flexibility index (Phi) is 7.61. The number of hydrogen-bond donors (Lipinski definition) is 2. The molecule has 0 aromatic heterocycles. The van der Waals surface area contributed by atoms with Crippen LogP contribution in [0.2, 0.25) is 0 Å². The molecule has 0 saturated carbocycles. The van der Waals surface area contributed by atoms with Crippen molar-refractivity contribution < 1.29 is 14.3 Å². The van der Waals surface area contributed by atoms with Crippen molar-refractivity contribution in [2.24, 2.45) is 5.92 Å². The summed E-state index contributed by atoms with van der Waals surface area (Å²) in [5.41, 5.74) is 0.866. The molecule has 0 aliphatic heterocycles. The number of carbonyl (C=O) groups excluding carboxylic acids is 2. The number of alkyl carbamates (subject to hydrolysis) is 1. The number of nitriles is 1. The molecule has 1 aromatic rings. The second kappa shape index (κ2) is 9.46. The lowest BCUT2D eigenvalue weighted by atomic mass is 10.0. The van der Waals surface area contributed by atoms with Crippen molar-refractivity contribution >= 4 is 12.0 Å². The maximum atomic E-state index is 12.1. The Morgan fingerprint density at radius 2 is 1.83 bits per heavy atom. The highest BCUT2D eigenvalue weighted by Gasteiger charge is 2.23. The Balaban J connectivity index is 2.56. The zero-order valence-electron chi connectivity index (χ0n) is 13.7. The van der Waals surface area contributed by atoms with E-state index in [0.717, 1.165) is 5.56 Å². The molecular formula is C17H23N3O3. The highest BCUT2D eigenvalue weighted by Crippen LogP contribution is 2.07. The smallest absolute Gasteiger partial charge is 0.408 e. The molecular weight excluding hydrogens is 294 g/mol. The summed E-state index contributed by atoms with van der Waals surface area (Å²) in [4.78, 5) is 24.0. The van der Waals surface area contributed by atoms with Gasteiger partial charge in [0.15, 0.2) is 0 Å². The highest BCUT2D eigenvalue weighted by molar-refractivity contribution is 5.86. The Labute approximate surface area is 136 Å². The summed E-state index contributed by atoms with van der Waals surface area (Å²) in [7, 11) is 0. The lowest BCUT2D eigenvalue weighted by Crippen LogP contribution is -2.49. The van der Waals surface area contributed by atoms with Crippen LogP contribution in [0.4, 0.5) is 4.79 Å². The van der Waals surface area contributed by atoms with Gasteiger partial charge in [-0.2, -0.15) is 5.26 Å². The van der Waals surface area contributed by atoms with Gasteiger partial charge >= 0.3 is 6.09 Å². The molecule has 6 nitrogen and oxygen atoms in total. The van der Waals surface area contributed by atoms with Crippen LogP contribution in [0.15, 0.2) is 30.3 Å². The number of amides is 2. The first-order chi connectivity index (χ1) is 10.9. The van der Waals surface area contributed by atoms with Gasteiger partial charge < -0.3 is 15.4 Å². The molecule has 0 unspecified atom stereocenters. The number of nitrogens with zero attached hydrogens (tertiary/aromatic N) is 1. The van der Waals surface area contributed by atoms with Gasteiger partial charge in [0.25, 0.3) is 0 Å². The first-order valence-corrected chi connectivity index (χ1v) is 7.59. The third-order valence-corrected chi connectivity index (χ3v) is 3.08. The van der Waals surface area contributed by atoms with E-state index in [1.165, 1.54) is 0 Å². The third-order valence-electron chi connectivity index (χ3n) is 3.08. The normalized spacial score (nSPS) is 12.8. The standard InChI is InChI=1S/C17H23N3O3/c1-12(2)9-15(16(21)19-13(3)10-18)20-17(22)23-11-14-7-5-4-6-8-14/h4-8,12-13,15H,9,11H2,1-3H3,(H,19,21)(H,20,22)/t13-,15-/m0/s1. The second-order valence-electron chi connectivity index (χ2n) is 5.75. The minimum Gasteiger partial charge on any atom is -0.445 e. The van der Waals surface area contributed by atoms with Gasteiger partial charge in [-0.25, -0.2) is 4.79 Å². The fraction of sp³-hybridized carbons (Fsp3) is 0.471. The van der Waals surface area contributed by atoms with Gasteiger partial charge in [0.2, 0.25) is 5.91 Å². The molecule has 0 spiro atoms. The van der Waals surface area contributed by atoms with E-state index >= 15 is 0 Å². The van der Waals surface area contributed by atoms with Crippen molar-refractivity contribution in [2.75, 3.05) is 0 Å². The first kappa shape index (κ1) is 18.5. The zero-order chi connectivity index (χ0) is 17.2. The van der Waals surface area contributed by atoms with Crippen molar-refractivity contribution in [2.45, 2.75) is 45.9 Å². The Hall–Kier alpha value is -2.55. The molecule has 0 aliphatic carbocycles. The van der Waals surface area contributed by atoms with Gasteiger partial charge in [-0.15, -0.1) is 0 Å². The fourth-order valence-corrected chi connectivity index (χ4v) is 1.96. The molecule has 124 valence electrons. The van der Waals surface area contributed by atoms with Crippen molar-refractivity contribution in [1.29, 1.82) is 5.26 Å². The molecule has 0 radical (unpaired) electrons. The van der Waals surface area contributed by atoms with Gasteiger partial charge in [-0.1, -0.05) is 44.2 Å². The molecule has 0 bridgehead atoms. The number of rotatable bonds is 7. The number of carbonyl (C=O) groups is 2. The van der Waals surface area contributed by atoms with Gasteiger partial charge in [0.1, 0.15) is 18.7 Å². The highest BCUT2D eigenvalue weighted by atomic mass is 16.5. The van der Waals surface area contributed by atoms with E-state index in [9.17, 15) is 9.59 Å². The zero-order valence-corrected chi connectivity index (χ0v) is 13.7. The van der Waals surface area contributed by atoms with Crippen LogP contribution in [0.1, 0.15) is 32.8 Å². The number of nitrogens with one attached hydrogen (secondary N) is 2. The number of ether oxygens (including phenoxy) is 1. The van der Waals surface area contributed by atoms with Crippen LogP contribution in [0.25, 0.3) is 0 Å². The van der Waals surface area contributed by atoms with Crippen LogP contribution in [0, 0.1) is 17.2 Å². The minimum absolute atomic E-state index is 0.136. The van der Waals surface area contributed by atoms with Crippen LogP contribution < -0.4 is 10.6 Å². The van der Waals surface area contributed by atoms with E-state index < -0.39 is 18.2 Å². The van der Waals surface area contributed by atoms with Crippen molar-refractivity contribution in [3.8, 4) is 6.07 Å². The fourth-order valence-electron chi connectivity index (χ4n) is 1.96. The first-order valence-electron chi connectivity index (χ1n) is 7.59. The van der Waals surface area contributed by atoms with Crippen molar-refractivity contribution in [1.82, 2.24) is 10.6 Å². The van der Waals surface area contributed by atoms with Crippen molar-refractivity contribution in [3.63, 3.8) is 0 Å². The predicted molar refractivity (Wildman–Crippen MR) is 86.2 cm³/mol. The largest absolute Gasteiger partial charge is 0.445 e. The average Bonchev–Trinajstić information content (AvgIpc) is 2.52. The lowest BCUT2D eigenvalue weighted by Gasteiger charge is -2.20. The molecule has 2 amide bonds. The van der Waals surface area contributed by atoms with E-state index in [4.69, 9.17) is 10.00 Å². The molecule has 0 fully saturated rings. The van der Waals surface area contributed by atoms with Gasteiger partial charge in [0.05, 0.1) is 6.07 Å². The Morgan fingerprint density at radius 3 is 2.39 bits per heavy atom. The second-order valence-corrected chi connectivity index (χ2v) is 5.75. The molecule has 2 atom stereocenters. The molecule has 23 heavy (non-hydrogen) atoms. The number of hydrogen-bond acceptors (Lipinski definition) is 4. The van der Waals surface area contributed by atoms with Gasteiger partial charge in [-0.05, 0) is 24.8 Å². The van der Waals surface area contributed by atoms with Crippen LogP contribution in [0.3, 0.4) is 0 Å². The molecule has 1 rings (SSSR count). The SMILES string of the molecule is CC(C)C[C@H](NC(=O)OCc1ccccc1)C(=O)N[C@@H](C)C#N. The van der Waals surface area contributed by atoms with Gasteiger partial charge in [0, 0.05) is 0 Å². The quantitative estimate of drug-likeness (QED) is 0.807. The molecule has 1 aromatic carbocycles. The van der Waals surface area contributed by atoms with Crippen molar-refractivity contribution in [3.05, 3.63) is 35.9 Å². The summed E-state index contributed by atoms with van der Waals surface area (Å²) >= 11 is 0. The molecule has 0 saturated heterocycles.